The van der Waals surface area contributed by atoms with Crippen LogP contribution in [0.2, 0.25) is 0 Å². The molecule has 0 aromatic rings. The molecule has 1 rings (SSSR count). The first-order valence-corrected chi connectivity index (χ1v) is 8.83. The lowest BCUT2D eigenvalue weighted by Crippen LogP contribution is -2.38. The molecular weight excluding hydrogens is 402 g/mol. The number of quaternary nitrogens is 1. The molecule has 0 aromatic heterocycles. The van der Waals surface area contributed by atoms with Crippen molar-refractivity contribution in [3.63, 3.8) is 0 Å². The number of carboxylic acid groups (broad SMARTS) is 2. The van der Waals surface area contributed by atoms with Crippen LogP contribution in [0.3, 0.4) is 0 Å². The van der Waals surface area contributed by atoms with Gasteiger partial charge < -0.3 is 37.4 Å². The van der Waals surface area contributed by atoms with Crippen LogP contribution in [0.4, 0.5) is 0 Å². The maximum Gasteiger partial charge on any atom is 0.317 e. The van der Waals surface area contributed by atoms with E-state index in [1.807, 2.05) is 0 Å². The Hall–Kier alpha value is -3.02. The molecule has 1 saturated heterocycles. The number of cyclic esters (lactones) is 2. The number of carbonyl (C=O) groups excluding carboxylic acids is 5. The second kappa shape index (κ2) is 14.0. The normalized spacial score (nSPS) is 21.0. The van der Waals surface area contributed by atoms with Gasteiger partial charge in [-0.05, 0) is 0 Å². The highest BCUT2D eigenvalue weighted by molar-refractivity contribution is 5.95. The summed E-state index contributed by atoms with van der Waals surface area (Å²) in [5.41, 5.74) is 9.72. The molecule has 12 heteroatoms. The van der Waals surface area contributed by atoms with Gasteiger partial charge in [-0.2, -0.15) is 0 Å². The molecule has 1 heterocycles. The largest absolute Gasteiger partial charge is 0.550 e. The number of hydrogen-bond donors (Lipinski definition) is 4. The van der Waals surface area contributed by atoms with E-state index in [1.54, 1.807) is 13.8 Å². The monoisotopic (exact) mass is 435 g/mol. The summed E-state index contributed by atoms with van der Waals surface area (Å²) in [4.78, 5) is 62.2. The predicted octanol–water partition coefficient (Wildman–Crippen LogP) is -0.959. The summed E-state index contributed by atoms with van der Waals surface area (Å²) >= 11 is 0. The zero-order chi connectivity index (χ0) is 23.6. The first-order chi connectivity index (χ1) is 13.1. The molecular formula is C18H33N3O9. The number of carbonyl (C=O) groups is 6. The van der Waals surface area contributed by atoms with Gasteiger partial charge in [-0.3, -0.25) is 24.0 Å². The lowest BCUT2D eigenvalue weighted by molar-refractivity contribution is -0.312. The van der Waals surface area contributed by atoms with Crippen LogP contribution in [-0.4, -0.2) is 40.8 Å². The van der Waals surface area contributed by atoms with Crippen molar-refractivity contribution < 1.29 is 43.7 Å². The third kappa shape index (κ3) is 10.5. The molecule has 6 unspecified atom stereocenters. The zero-order valence-corrected chi connectivity index (χ0v) is 18.3. The van der Waals surface area contributed by atoms with Crippen molar-refractivity contribution in [1.29, 1.82) is 0 Å². The summed E-state index contributed by atoms with van der Waals surface area (Å²) in [6.45, 7) is 9.20. The zero-order valence-electron chi connectivity index (χ0n) is 18.3. The third-order valence-electron chi connectivity index (χ3n) is 4.85. The third-order valence-corrected chi connectivity index (χ3v) is 4.85. The minimum atomic E-state index is -1.24. The van der Waals surface area contributed by atoms with Crippen LogP contribution in [0.25, 0.3) is 0 Å². The highest BCUT2D eigenvalue weighted by atomic mass is 16.6. The van der Waals surface area contributed by atoms with E-state index in [2.05, 4.69) is 4.74 Å². The van der Waals surface area contributed by atoms with Crippen LogP contribution in [0.15, 0.2) is 0 Å². The summed E-state index contributed by atoms with van der Waals surface area (Å²) < 4.78 is 4.31. The predicted molar refractivity (Wildman–Crippen MR) is 103 cm³/mol. The molecule has 1 fully saturated rings. The smallest absolute Gasteiger partial charge is 0.317 e. The number of rotatable bonds is 6. The molecule has 0 saturated carbocycles. The van der Waals surface area contributed by atoms with E-state index in [9.17, 15) is 33.9 Å². The van der Waals surface area contributed by atoms with Crippen LogP contribution in [0.5, 0.6) is 0 Å². The van der Waals surface area contributed by atoms with Crippen molar-refractivity contribution in [2.45, 2.75) is 41.5 Å². The molecule has 0 aliphatic carbocycles. The molecule has 1 aliphatic rings. The Morgan fingerprint density at radius 2 is 1.13 bits per heavy atom. The number of aliphatic carboxylic acids is 2. The molecule has 0 radical (unpaired) electrons. The number of carboxylic acids is 2. The van der Waals surface area contributed by atoms with Gasteiger partial charge in [0.25, 0.3) is 0 Å². The standard InChI is InChI=1S/2C6H11NO3.C6H8O3.H3N/c2*1-3(5(7)8)4(2)6(9)10;1-3-4(2)6(8)9-5(3)7;/h2*3-4H,1-2H3,(H2,7,8)(H,9,10);3-4H,1-2H3;1H3. The Bertz CT molecular complexity index is 561. The fourth-order valence-electron chi connectivity index (χ4n) is 1.60. The summed E-state index contributed by atoms with van der Waals surface area (Å²) in [6.07, 6.45) is 0. The maximum atomic E-state index is 10.6. The topological polar surface area (TPSA) is 243 Å². The van der Waals surface area contributed by atoms with E-state index in [0.717, 1.165) is 0 Å². The average molecular weight is 435 g/mol. The maximum absolute atomic E-state index is 10.6. The van der Waals surface area contributed by atoms with Gasteiger partial charge in [0.2, 0.25) is 11.8 Å². The van der Waals surface area contributed by atoms with E-state index < -0.39 is 59.4 Å². The summed E-state index contributed by atoms with van der Waals surface area (Å²) in [5.74, 6) is -7.49. The number of esters is 2. The number of hydrogen-bond acceptors (Lipinski definition) is 8. The van der Waals surface area contributed by atoms with Crippen molar-refractivity contribution in [1.82, 2.24) is 6.15 Å². The highest BCUT2D eigenvalue weighted by Gasteiger charge is 2.37. The van der Waals surface area contributed by atoms with Crippen LogP contribution >= 0.6 is 0 Å². The van der Waals surface area contributed by atoms with Gasteiger partial charge in [0.05, 0.1) is 17.8 Å². The van der Waals surface area contributed by atoms with E-state index in [0.29, 0.717) is 0 Å². The summed E-state index contributed by atoms with van der Waals surface area (Å²) in [7, 11) is 0. The van der Waals surface area contributed by atoms with Crippen molar-refractivity contribution >= 4 is 35.7 Å². The van der Waals surface area contributed by atoms with Gasteiger partial charge in [-0.25, -0.2) is 0 Å². The van der Waals surface area contributed by atoms with Crippen LogP contribution < -0.4 is 22.7 Å². The Labute approximate surface area is 174 Å². The molecule has 30 heavy (non-hydrogen) atoms. The minimum Gasteiger partial charge on any atom is -0.550 e. The van der Waals surface area contributed by atoms with Crippen molar-refractivity contribution in [2.75, 3.05) is 0 Å². The van der Waals surface area contributed by atoms with Gasteiger partial charge >= 0.3 is 17.9 Å². The number of ether oxygens (including phenoxy) is 1. The van der Waals surface area contributed by atoms with Crippen molar-refractivity contribution in [3.8, 4) is 0 Å². The average Bonchev–Trinajstić information content (AvgIpc) is 2.85. The van der Waals surface area contributed by atoms with E-state index in [1.165, 1.54) is 27.7 Å². The van der Waals surface area contributed by atoms with Crippen LogP contribution in [0, 0.1) is 35.5 Å². The Balaban J connectivity index is -0.000000359. The minimum absolute atomic E-state index is 0. The fraction of sp³-hybridized carbons (Fsp3) is 0.667. The van der Waals surface area contributed by atoms with E-state index >= 15 is 0 Å². The van der Waals surface area contributed by atoms with Gasteiger partial charge in [-0.15, -0.1) is 0 Å². The molecule has 0 bridgehead atoms. The molecule has 2 amide bonds. The molecule has 1 aliphatic heterocycles. The first-order valence-electron chi connectivity index (χ1n) is 8.83. The molecule has 0 spiro atoms. The van der Waals surface area contributed by atoms with Crippen LogP contribution in [0.1, 0.15) is 41.5 Å². The summed E-state index contributed by atoms with van der Waals surface area (Å²) in [6, 6.07) is 0. The second-order valence-corrected chi connectivity index (χ2v) is 6.93. The van der Waals surface area contributed by atoms with Crippen molar-refractivity contribution in [2.24, 2.45) is 47.0 Å². The van der Waals surface area contributed by atoms with Crippen molar-refractivity contribution in [3.05, 3.63) is 0 Å². The Kier molecular flexibility index (Phi) is 14.8. The van der Waals surface area contributed by atoms with Gasteiger partial charge in [-0.1, -0.05) is 41.5 Å². The fourth-order valence-corrected chi connectivity index (χ4v) is 1.60. The SMILES string of the molecule is CC(C(N)=O)C(C)C(=O)O.CC(C(N)=O)C(C)C(=O)[O-].CC1C(=O)OC(=O)C1C.[NH4+]. The molecule has 6 atom stereocenters. The summed E-state index contributed by atoms with van der Waals surface area (Å²) in [5, 5.41) is 18.5. The van der Waals surface area contributed by atoms with Crippen LogP contribution in [-0.2, 0) is 33.5 Å². The first kappa shape index (κ1) is 31.7. The van der Waals surface area contributed by atoms with E-state index in [4.69, 9.17) is 16.6 Å². The Morgan fingerprint density at radius 1 is 0.833 bits per heavy atom. The Morgan fingerprint density at radius 3 is 1.23 bits per heavy atom. The molecule has 0 aromatic carbocycles. The lowest BCUT2D eigenvalue weighted by Gasteiger charge is -2.16. The number of primary amides is 2. The lowest BCUT2D eigenvalue weighted by atomic mass is 9.96. The van der Waals surface area contributed by atoms with Gasteiger partial charge in [0, 0.05) is 23.7 Å². The second-order valence-electron chi connectivity index (χ2n) is 6.93. The van der Waals surface area contributed by atoms with E-state index in [-0.39, 0.29) is 18.0 Å². The quantitative estimate of drug-likeness (QED) is 0.296. The number of amides is 2. The molecule has 12 nitrogen and oxygen atoms in total. The number of nitrogens with two attached hydrogens (primary N) is 2. The molecule has 9 N–H and O–H groups in total. The highest BCUT2D eigenvalue weighted by Crippen LogP contribution is 2.21. The molecule has 174 valence electrons. The van der Waals surface area contributed by atoms with Gasteiger partial charge in [0.1, 0.15) is 0 Å². The van der Waals surface area contributed by atoms with Gasteiger partial charge in [0.15, 0.2) is 0 Å².